The predicted molar refractivity (Wildman–Crippen MR) is 108 cm³/mol. The Morgan fingerprint density at radius 1 is 1.17 bits per heavy atom. The number of sulfonamides is 1. The Morgan fingerprint density at radius 2 is 1.76 bits per heavy atom. The van der Waals surface area contributed by atoms with Crippen LogP contribution >= 0.6 is 11.6 Å². The molecule has 162 valence electrons. The number of esters is 1. The normalized spacial score (nSPS) is 17.8. The summed E-state index contributed by atoms with van der Waals surface area (Å²) in [5, 5.41) is 13.0. The van der Waals surface area contributed by atoms with Crippen molar-refractivity contribution in [2.75, 3.05) is 6.61 Å². The number of nitrogens with one attached hydrogen (secondary N) is 2. The summed E-state index contributed by atoms with van der Waals surface area (Å²) >= 11 is 5.75. The molecule has 0 aromatic heterocycles. The lowest BCUT2D eigenvalue weighted by Gasteiger charge is -2.21. The number of hydrogen-bond acceptors (Lipinski definition) is 6. The summed E-state index contributed by atoms with van der Waals surface area (Å²) in [6.07, 6.45) is 4.78. The van der Waals surface area contributed by atoms with Crippen LogP contribution in [0.25, 0.3) is 0 Å². The Balaban J connectivity index is 1.93. The van der Waals surface area contributed by atoms with Crippen molar-refractivity contribution < 1.29 is 27.9 Å². The highest BCUT2D eigenvalue weighted by Crippen LogP contribution is 2.17. The molecule has 1 aliphatic carbocycles. The summed E-state index contributed by atoms with van der Waals surface area (Å²) in [7, 11) is -4.10. The van der Waals surface area contributed by atoms with Crippen LogP contribution in [0, 0.1) is 0 Å². The van der Waals surface area contributed by atoms with Crippen molar-refractivity contribution in [3.05, 3.63) is 29.3 Å². The van der Waals surface area contributed by atoms with Crippen LogP contribution in [-0.2, 0) is 24.3 Å². The maximum absolute atomic E-state index is 12.4. The third kappa shape index (κ3) is 7.58. The Morgan fingerprint density at radius 3 is 2.31 bits per heavy atom. The molecule has 1 fully saturated rings. The minimum absolute atomic E-state index is 0.0553. The third-order valence-corrected chi connectivity index (χ3v) is 6.42. The first-order valence-corrected chi connectivity index (χ1v) is 11.5. The molecule has 0 radical (unpaired) electrons. The van der Waals surface area contributed by atoms with Gasteiger partial charge < -0.3 is 15.2 Å². The van der Waals surface area contributed by atoms with Gasteiger partial charge in [-0.05, 0) is 44.0 Å². The minimum atomic E-state index is -4.10. The van der Waals surface area contributed by atoms with E-state index >= 15 is 0 Å². The van der Waals surface area contributed by atoms with Gasteiger partial charge >= 0.3 is 5.97 Å². The van der Waals surface area contributed by atoms with E-state index in [0.717, 1.165) is 38.5 Å². The fourth-order valence-electron chi connectivity index (χ4n) is 3.11. The first kappa shape index (κ1) is 23.6. The quantitative estimate of drug-likeness (QED) is 0.413. The number of benzene rings is 1. The average molecular weight is 447 g/mol. The standard InChI is InChI=1S/C19H27ClN2O6S/c1-13(23)18(22-29(26,27)16-10-8-14(20)9-11-16)19(25)28-12-17(24)21-15-6-4-2-3-5-7-15/h8-11,13,15,18,22-23H,2-7,12H2,1H3,(H,21,24). The molecule has 10 heteroatoms. The molecule has 1 saturated carbocycles. The van der Waals surface area contributed by atoms with Crippen LogP contribution in [0.1, 0.15) is 45.4 Å². The molecule has 1 aromatic rings. The second-order valence-electron chi connectivity index (χ2n) is 7.16. The number of rotatable bonds is 8. The molecule has 1 amide bonds. The summed E-state index contributed by atoms with van der Waals surface area (Å²) in [5.74, 6) is -1.48. The van der Waals surface area contributed by atoms with E-state index in [1.54, 1.807) is 0 Å². The number of carbonyl (C=O) groups is 2. The van der Waals surface area contributed by atoms with Gasteiger partial charge in [0, 0.05) is 11.1 Å². The van der Waals surface area contributed by atoms with E-state index in [2.05, 4.69) is 10.0 Å². The lowest BCUT2D eigenvalue weighted by atomic mass is 10.1. The number of aliphatic hydroxyl groups excluding tert-OH is 1. The topological polar surface area (TPSA) is 122 Å². The maximum atomic E-state index is 12.4. The van der Waals surface area contributed by atoms with Crippen LogP contribution in [0.2, 0.25) is 5.02 Å². The van der Waals surface area contributed by atoms with Crippen molar-refractivity contribution in [2.24, 2.45) is 0 Å². The lowest BCUT2D eigenvalue weighted by molar-refractivity contribution is -0.152. The monoisotopic (exact) mass is 446 g/mol. The Kier molecular flexibility index (Phi) is 8.88. The van der Waals surface area contributed by atoms with Crippen LogP contribution in [0.3, 0.4) is 0 Å². The lowest BCUT2D eigenvalue weighted by Crippen LogP contribution is -2.49. The van der Waals surface area contributed by atoms with E-state index in [1.807, 2.05) is 0 Å². The average Bonchev–Trinajstić information content (AvgIpc) is 2.93. The van der Waals surface area contributed by atoms with Crippen molar-refractivity contribution in [2.45, 2.75) is 68.5 Å². The van der Waals surface area contributed by atoms with Crippen molar-refractivity contribution >= 4 is 33.5 Å². The van der Waals surface area contributed by atoms with E-state index in [0.29, 0.717) is 5.02 Å². The van der Waals surface area contributed by atoms with Gasteiger partial charge in [0.1, 0.15) is 6.04 Å². The zero-order valence-electron chi connectivity index (χ0n) is 16.3. The van der Waals surface area contributed by atoms with Gasteiger partial charge in [0.2, 0.25) is 10.0 Å². The molecule has 1 aromatic carbocycles. The van der Waals surface area contributed by atoms with Crippen molar-refractivity contribution in [3.63, 3.8) is 0 Å². The molecule has 0 saturated heterocycles. The molecular formula is C19H27ClN2O6S. The highest BCUT2D eigenvalue weighted by molar-refractivity contribution is 7.89. The van der Waals surface area contributed by atoms with Gasteiger partial charge in [-0.15, -0.1) is 0 Å². The van der Waals surface area contributed by atoms with Gasteiger partial charge in [-0.1, -0.05) is 37.3 Å². The number of carbonyl (C=O) groups excluding carboxylic acids is 2. The summed E-state index contributed by atoms with van der Waals surface area (Å²) in [6.45, 7) is 0.711. The second-order valence-corrected chi connectivity index (χ2v) is 9.31. The van der Waals surface area contributed by atoms with Gasteiger partial charge in [-0.25, -0.2) is 8.42 Å². The van der Waals surface area contributed by atoms with Gasteiger partial charge in [0.05, 0.1) is 11.0 Å². The molecule has 0 heterocycles. The van der Waals surface area contributed by atoms with Crippen LogP contribution in [-0.4, -0.2) is 50.2 Å². The second kappa shape index (κ2) is 10.9. The van der Waals surface area contributed by atoms with Gasteiger partial charge in [-0.3, -0.25) is 9.59 Å². The van der Waals surface area contributed by atoms with Crippen LogP contribution in [0.5, 0.6) is 0 Å². The Bertz CT molecular complexity index is 789. The van der Waals surface area contributed by atoms with E-state index in [4.69, 9.17) is 16.3 Å². The van der Waals surface area contributed by atoms with Crippen molar-refractivity contribution in [3.8, 4) is 0 Å². The molecule has 0 spiro atoms. The zero-order valence-corrected chi connectivity index (χ0v) is 17.8. The summed E-state index contributed by atoms with van der Waals surface area (Å²) in [6, 6.07) is 3.83. The van der Waals surface area contributed by atoms with Gasteiger partial charge in [0.25, 0.3) is 5.91 Å². The molecule has 2 unspecified atom stereocenters. The molecular weight excluding hydrogens is 420 g/mol. The minimum Gasteiger partial charge on any atom is -0.454 e. The number of ether oxygens (including phenoxy) is 1. The summed E-state index contributed by atoms with van der Waals surface area (Å²) in [5.41, 5.74) is 0. The molecule has 29 heavy (non-hydrogen) atoms. The van der Waals surface area contributed by atoms with Crippen molar-refractivity contribution in [1.29, 1.82) is 0 Å². The van der Waals surface area contributed by atoms with Crippen LogP contribution < -0.4 is 10.0 Å². The SMILES string of the molecule is CC(O)C(NS(=O)(=O)c1ccc(Cl)cc1)C(=O)OCC(=O)NC1CCCCCC1. The van der Waals surface area contributed by atoms with Crippen LogP contribution in [0.15, 0.2) is 29.2 Å². The zero-order chi connectivity index (χ0) is 21.4. The first-order valence-electron chi connectivity index (χ1n) is 9.61. The fraction of sp³-hybridized carbons (Fsp3) is 0.579. The number of hydrogen-bond donors (Lipinski definition) is 3. The van der Waals surface area contributed by atoms with Gasteiger partial charge in [0.15, 0.2) is 6.61 Å². The first-order chi connectivity index (χ1) is 13.7. The van der Waals surface area contributed by atoms with Crippen LogP contribution in [0.4, 0.5) is 0 Å². The molecule has 3 N–H and O–H groups in total. The molecule has 2 rings (SSSR count). The highest BCUT2D eigenvalue weighted by Gasteiger charge is 2.31. The molecule has 0 aliphatic heterocycles. The molecule has 2 atom stereocenters. The molecule has 1 aliphatic rings. The number of amides is 1. The van der Waals surface area contributed by atoms with Gasteiger partial charge in [-0.2, -0.15) is 4.72 Å². The highest BCUT2D eigenvalue weighted by atomic mass is 35.5. The van der Waals surface area contributed by atoms with E-state index in [-0.39, 0.29) is 10.9 Å². The molecule has 0 bridgehead atoms. The van der Waals surface area contributed by atoms with E-state index in [1.165, 1.54) is 31.2 Å². The molecule has 8 nitrogen and oxygen atoms in total. The summed E-state index contributed by atoms with van der Waals surface area (Å²) in [4.78, 5) is 24.2. The predicted octanol–water partition coefficient (Wildman–Crippen LogP) is 1.75. The smallest absolute Gasteiger partial charge is 0.327 e. The largest absolute Gasteiger partial charge is 0.454 e. The Hall–Kier alpha value is -1.68. The number of aliphatic hydroxyl groups is 1. The van der Waals surface area contributed by atoms with E-state index < -0.39 is 40.7 Å². The Labute approximate surface area is 176 Å². The van der Waals surface area contributed by atoms with E-state index in [9.17, 15) is 23.1 Å². The fourth-order valence-corrected chi connectivity index (χ4v) is 4.50. The maximum Gasteiger partial charge on any atom is 0.327 e. The van der Waals surface area contributed by atoms with Crippen molar-refractivity contribution in [1.82, 2.24) is 10.0 Å². The third-order valence-electron chi connectivity index (χ3n) is 4.71. The summed E-state index contributed by atoms with van der Waals surface area (Å²) < 4.78 is 31.9. The number of halogens is 1.